The van der Waals surface area contributed by atoms with Crippen molar-refractivity contribution in [2.24, 2.45) is 5.73 Å². The van der Waals surface area contributed by atoms with Gasteiger partial charge in [0.05, 0.1) is 12.1 Å². The van der Waals surface area contributed by atoms with E-state index in [9.17, 15) is 4.79 Å². The number of halogens is 2. The molecule has 0 fully saturated rings. The molecule has 0 aliphatic rings. The lowest BCUT2D eigenvalue weighted by Gasteiger charge is -2.12. The molecule has 0 saturated heterocycles. The molecule has 0 bridgehead atoms. The Morgan fingerprint density at radius 1 is 1.50 bits per heavy atom. The number of nitrogens with two attached hydrogens (primary N) is 1. The summed E-state index contributed by atoms with van der Waals surface area (Å²) in [5.74, 6) is -0.115. The SMILES string of the molecule is COC(=O)C(N)COc1ccc(Cl)cc1Cl. The van der Waals surface area contributed by atoms with Gasteiger partial charge >= 0.3 is 5.97 Å². The Hall–Kier alpha value is -0.970. The van der Waals surface area contributed by atoms with Crippen molar-refractivity contribution < 1.29 is 14.3 Å². The van der Waals surface area contributed by atoms with Crippen LogP contribution in [0.4, 0.5) is 0 Å². The van der Waals surface area contributed by atoms with Gasteiger partial charge in [0.25, 0.3) is 0 Å². The Bertz CT molecular complexity index is 384. The van der Waals surface area contributed by atoms with Crippen molar-refractivity contribution in [2.45, 2.75) is 6.04 Å². The molecule has 1 rings (SSSR count). The molecule has 2 N–H and O–H groups in total. The van der Waals surface area contributed by atoms with Gasteiger partial charge in [0.15, 0.2) is 0 Å². The minimum absolute atomic E-state index is 0.00593. The fourth-order valence-corrected chi connectivity index (χ4v) is 1.45. The standard InChI is InChI=1S/C10H11Cl2NO3/c1-15-10(14)8(13)5-16-9-3-2-6(11)4-7(9)12/h2-4,8H,5,13H2,1H3. The van der Waals surface area contributed by atoms with Gasteiger partial charge in [-0.15, -0.1) is 0 Å². The molecule has 4 nitrogen and oxygen atoms in total. The fraction of sp³-hybridized carbons (Fsp3) is 0.300. The average Bonchev–Trinajstić information content (AvgIpc) is 2.26. The molecule has 16 heavy (non-hydrogen) atoms. The molecule has 1 atom stereocenters. The normalized spacial score (nSPS) is 12.0. The largest absolute Gasteiger partial charge is 0.490 e. The van der Waals surface area contributed by atoms with E-state index in [1.807, 2.05) is 0 Å². The predicted octanol–water partition coefficient (Wildman–Crippen LogP) is 1.87. The number of carbonyl (C=O) groups excluding carboxylic acids is 1. The molecule has 0 radical (unpaired) electrons. The second kappa shape index (κ2) is 5.94. The van der Waals surface area contributed by atoms with Crippen molar-refractivity contribution in [2.75, 3.05) is 13.7 Å². The fourth-order valence-electron chi connectivity index (χ4n) is 0.991. The van der Waals surface area contributed by atoms with Gasteiger partial charge in [-0.05, 0) is 18.2 Å². The zero-order chi connectivity index (χ0) is 12.1. The average molecular weight is 264 g/mol. The molecule has 1 unspecified atom stereocenters. The van der Waals surface area contributed by atoms with Crippen LogP contribution in [0, 0.1) is 0 Å². The van der Waals surface area contributed by atoms with Crippen LogP contribution in [0.25, 0.3) is 0 Å². The summed E-state index contributed by atoms with van der Waals surface area (Å²) in [5.41, 5.74) is 5.49. The Morgan fingerprint density at radius 3 is 2.75 bits per heavy atom. The summed E-state index contributed by atoms with van der Waals surface area (Å²) in [6, 6.07) is 3.94. The first-order valence-corrected chi connectivity index (χ1v) is 5.21. The second-order valence-corrected chi connectivity index (χ2v) is 3.86. The van der Waals surface area contributed by atoms with Gasteiger partial charge in [0.2, 0.25) is 0 Å². The maximum atomic E-state index is 11.0. The highest BCUT2D eigenvalue weighted by Crippen LogP contribution is 2.27. The number of methoxy groups -OCH3 is 1. The highest BCUT2D eigenvalue weighted by atomic mass is 35.5. The van der Waals surface area contributed by atoms with E-state index in [0.29, 0.717) is 15.8 Å². The van der Waals surface area contributed by atoms with Crippen molar-refractivity contribution in [1.29, 1.82) is 0 Å². The van der Waals surface area contributed by atoms with Crippen molar-refractivity contribution in [3.63, 3.8) is 0 Å². The van der Waals surface area contributed by atoms with Crippen molar-refractivity contribution in [3.8, 4) is 5.75 Å². The van der Waals surface area contributed by atoms with E-state index < -0.39 is 12.0 Å². The van der Waals surface area contributed by atoms with Crippen LogP contribution >= 0.6 is 23.2 Å². The van der Waals surface area contributed by atoms with Gasteiger partial charge in [0, 0.05) is 5.02 Å². The molecule has 0 aromatic heterocycles. The maximum absolute atomic E-state index is 11.0. The number of ether oxygens (including phenoxy) is 2. The number of benzene rings is 1. The number of hydrogen-bond donors (Lipinski definition) is 1. The Labute approximate surface area is 103 Å². The summed E-state index contributed by atoms with van der Waals surface area (Å²) in [7, 11) is 1.26. The molecule has 1 aromatic rings. The summed E-state index contributed by atoms with van der Waals surface area (Å²) in [4.78, 5) is 11.0. The molecular formula is C10H11Cl2NO3. The molecule has 0 aliphatic heterocycles. The topological polar surface area (TPSA) is 61.5 Å². The van der Waals surface area contributed by atoms with Crippen molar-refractivity contribution in [3.05, 3.63) is 28.2 Å². The van der Waals surface area contributed by atoms with E-state index in [1.165, 1.54) is 7.11 Å². The highest BCUT2D eigenvalue weighted by Gasteiger charge is 2.15. The molecule has 0 saturated carbocycles. The van der Waals surface area contributed by atoms with Gasteiger partial charge in [-0.2, -0.15) is 0 Å². The highest BCUT2D eigenvalue weighted by molar-refractivity contribution is 6.35. The minimum Gasteiger partial charge on any atom is -0.490 e. The number of carbonyl (C=O) groups is 1. The van der Waals surface area contributed by atoms with Crippen molar-refractivity contribution in [1.82, 2.24) is 0 Å². The van der Waals surface area contributed by atoms with Crippen LogP contribution in [0.15, 0.2) is 18.2 Å². The predicted molar refractivity (Wildman–Crippen MR) is 61.9 cm³/mol. The van der Waals surface area contributed by atoms with Gasteiger partial charge in [0.1, 0.15) is 18.4 Å². The summed E-state index contributed by atoms with van der Waals surface area (Å²) in [6.07, 6.45) is 0. The van der Waals surface area contributed by atoms with E-state index in [2.05, 4.69) is 4.74 Å². The third-order valence-corrected chi connectivity index (χ3v) is 2.35. The second-order valence-electron chi connectivity index (χ2n) is 3.02. The summed E-state index contributed by atoms with van der Waals surface area (Å²) < 4.78 is 9.71. The van der Waals surface area contributed by atoms with Crippen LogP contribution in [0.2, 0.25) is 10.0 Å². The maximum Gasteiger partial charge on any atom is 0.326 e. The van der Waals surface area contributed by atoms with Crippen molar-refractivity contribution >= 4 is 29.2 Å². The lowest BCUT2D eigenvalue weighted by Crippen LogP contribution is -2.37. The van der Waals surface area contributed by atoms with Crippen LogP contribution in [-0.4, -0.2) is 25.7 Å². The lowest BCUT2D eigenvalue weighted by atomic mass is 10.3. The van der Waals surface area contributed by atoms with Gasteiger partial charge in [-0.25, -0.2) is 0 Å². The van der Waals surface area contributed by atoms with E-state index >= 15 is 0 Å². The smallest absolute Gasteiger partial charge is 0.326 e. The Morgan fingerprint density at radius 2 is 2.19 bits per heavy atom. The number of esters is 1. The quantitative estimate of drug-likeness (QED) is 0.843. The molecule has 88 valence electrons. The van der Waals surface area contributed by atoms with Crippen LogP contribution in [0.1, 0.15) is 0 Å². The first-order valence-electron chi connectivity index (χ1n) is 4.46. The zero-order valence-corrected chi connectivity index (χ0v) is 10.1. The van der Waals surface area contributed by atoms with Gasteiger partial charge in [-0.1, -0.05) is 23.2 Å². The summed E-state index contributed by atoms with van der Waals surface area (Å²) in [5, 5.41) is 0.874. The van der Waals surface area contributed by atoms with E-state index in [4.69, 9.17) is 33.7 Å². The van der Waals surface area contributed by atoms with E-state index in [0.717, 1.165) is 0 Å². The molecular weight excluding hydrogens is 253 g/mol. The zero-order valence-electron chi connectivity index (χ0n) is 8.57. The number of rotatable bonds is 4. The van der Waals surface area contributed by atoms with E-state index in [1.54, 1.807) is 18.2 Å². The minimum atomic E-state index is -0.836. The Kier molecular flexibility index (Phi) is 4.86. The molecule has 0 spiro atoms. The first-order chi connectivity index (χ1) is 7.54. The van der Waals surface area contributed by atoms with Crippen LogP contribution in [-0.2, 0) is 9.53 Å². The summed E-state index contributed by atoms with van der Waals surface area (Å²) >= 11 is 11.6. The van der Waals surface area contributed by atoms with Gasteiger partial charge < -0.3 is 15.2 Å². The van der Waals surface area contributed by atoms with Crippen LogP contribution < -0.4 is 10.5 Å². The molecule has 0 amide bonds. The first kappa shape index (κ1) is 13.1. The molecule has 6 heteroatoms. The third kappa shape index (κ3) is 3.56. The van der Waals surface area contributed by atoms with Crippen LogP contribution in [0.3, 0.4) is 0 Å². The summed E-state index contributed by atoms with van der Waals surface area (Å²) in [6.45, 7) is -0.00593. The Balaban J connectivity index is 2.58. The molecule has 0 heterocycles. The molecule has 1 aromatic carbocycles. The monoisotopic (exact) mass is 263 g/mol. The van der Waals surface area contributed by atoms with E-state index in [-0.39, 0.29) is 6.61 Å². The molecule has 0 aliphatic carbocycles. The third-order valence-electron chi connectivity index (χ3n) is 1.82. The number of hydrogen-bond acceptors (Lipinski definition) is 4. The lowest BCUT2D eigenvalue weighted by molar-refractivity contribution is -0.142. The van der Waals surface area contributed by atoms with Gasteiger partial charge in [-0.3, -0.25) is 4.79 Å². The van der Waals surface area contributed by atoms with Crippen LogP contribution in [0.5, 0.6) is 5.75 Å².